The Balaban J connectivity index is 1.70. The van der Waals surface area contributed by atoms with Crippen LogP contribution in [0.5, 0.6) is 0 Å². The fourth-order valence-electron chi connectivity index (χ4n) is 4.59. The molecule has 3 rings (SSSR count). The standard InChI is InChI=1S/C27H36ClN3O4S/c1-3-25(27(33)29-22-13-8-9-14-22)31(20-21-12-7-10-17-24(21)28)26(32)18-11-19-30(2)36(34,35)23-15-5-4-6-16-23/h4-7,10,12,15-17,22,25H,3,8-9,11,13-14,18-20H2,1-2H3,(H,29,33)/t25-/m0/s1. The molecule has 9 heteroatoms. The lowest BCUT2D eigenvalue weighted by Crippen LogP contribution is -2.51. The maximum Gasteiger partial charge on any atom is 0.243 e. The van der Waals surface area contributed by atoms with Gasteiger partial charge < -0.3 is 10.2 Å². The Hall–Kier alpha value is -2.42. The van der Waals surface area contributed by atoms with E-state index in [1.807, 2.05) is 25.1 Å². The fraction of sp³-hybridized carbons (Fsp3) is 0.481. The van der Waals surface area contributed by atoms with Gasteiger partial charge in [-0.2, -0.15) is 0 Å². The van der Waals surface area contributed by atoms with Crippen LogP contribution < -0.4 is 5.32 Å². The molecule has 0 saturated heterocycles. The van der Waals surface area contributed by atoms with Gasteiger partial charge in [0, 0.05) is 37.6 Å². The van der Waals surface area contributed by atoms with Crippen molar-refractivity contribution >= 4 is 33.4 Å². The molecular weight excluding hydrogens is 498 g/mol. The third kappa shape index (κ3) is 7.31. The molecule has 1 N–H and O–H groups in total. The second-order valence-corrected chi connectivity index (χ2v) is 11.7. The minimum atomic E-state index is -3.63. The van der Waals surface area contributed by atoms with Crippen LogP contribution in [0.3, 0.4) is 0 Å². The van der Waals surface area contributed by atoms with Crippen LogP contribution in [0, 0.1) is 0 Å². The Morgan fingerprint density at radius 1 is 1.06 bits per heavy atom. The van der Waals surface area contributed by atoms with E-state index in [2.05, 4.69) is 5.32 Å². The number of amides is 2. The lowest BCUT2D eigenvalue weighted by atomic mass is 10.1. The molecule has 1 atom stereocenters. The molecule has 1 aliphatic carbocycles. The van der Waals surface area contributed by atoms with Crippen LogP contribution in [0.15, 0.2) is 59.5 Å². The molecule has 2 aromatic rings. The largest absolute Gasteiger partial charge is 0.352 e. The average Bonchev–Trinajstić information content (AvgIpc) is 3.38. The highest BCUT2D eigenvalue weighted by Gasteiger charge is 2.31. The summed E-state index contributed by atoms with van der Waals surface area (Å²) in [5.74, 6) is -0.345. The zero-order valence-corrected chi connectivity index (χ0v) is 22.6. The van der Waals surface area contributed by atoms with Crippen LogP contribution in [0.1, 0.15) is 57.4 Å². The zero-order valence-electron chi connectivity index (χ0n) is 21.0. The number of nitrogens with one attached hydrogen (secondary N) is 1. The summed E-state index contributed by atoms with van der Waals surface area (Å²) >= 11 is 6.38. The molecule has 1 aliphatic rings. The predicted molar refractivity (Wildman–Crippen MR) is 142 cm³/mol. The Morgan fingerprint density at radius 3 is 2.33 bits per heavy atom. The molecule has 2 amide bonds. The summed E-state index contributed by atoms with van der Waals surface area (Å²) in [5.41, 5.74) is 0.767. The van der Waals surface area contributed by atoms with E-state index in [9.17, 15) is 18.0 Å². The Bertz CT molecular complexity index is 1120. The first-order chi connectivity index (χ1) is 17.2. The van der Waals surface area contributed by atoms with E-state index in [0.29, 0.717) is 17.9 Å². The van der Waals surface area contributed by atoms with Crippen molar-refractivity contribution in [3.05, 3.63) is 65.2 Å². The number of carbonyl (C=O) groups is 2. The Labute approximate surface area is 219 Å². The summed E-state index contributed by atoms with van der Waals surface area (Å²) in [6.07, 6.45) is 5.04. The third-order valence-corrected chi connectivity index (χ3v) is 8.94. The summed E-state index contributed by atoms with van der Waals surface area (Å²) in [7, 11) is -2.12. The number of halogens is 1. The highest BCUT2D eigenvalue weighted by Crippen LogP contribution is 2.22. The van der Waals surface area contributed by atoms with E-state index >= 15 is 0 Å². The van der Waals surface area contributed by atoms with Crippen molar-refractivity contribution in [1.29, 1.82) is 0 Å². The summed E-state index contributed by atoms with van der Waals surface area (Å²) in [6, 6.07) is 15.1. The van der Waals surface area contributed by atoms with Crippen molar-refractivity contribution in [2.24, 2.45) is 0 Å². The molecule has 0 aliphatic heterocycles. The van der Waals surface area contributed by atoms with Crippen molar-refractivity contribution in [1.82, 2.24) is 14.5 Å². The van der Waals surface area contributed by atoms with Gasteiger partial charge in [-0.25, -0.2) is 12.7 Å². The molecule has 1 saturated carbocycles. The third-order valence-electron chi connectivity index (χ3n) is 6.70. The SMILES string of the molecule is CC[C@@H](C(=O)NC1CCCC1)N(Cc1ccccc1Cl)C(=O)CCCN(C)S(=O)(=O)c1ccccc1. The Kier molecular flexibility index (Phi) is 10.3. The van der Waals surface area contributed by atoms with Gasteiger partial charge in [0.25, 0.3) is 0 Å². The van der Waals surface area contributed by atoms with Crippen LogP contribution in [0.25, 0.3) is 0 Å². The lowest BCUT2D eigenvalue weighted by Gasteiger charge is -2.32. The maximum atomic E-state index is 13.4. The molecule has 0 bridgehead atoms. The topological polar surface area (TPSA) is 86.8 Å². The van der Waals surface area contributed by atoms with E-state index in [4.69, 9.17) is 11.6 Å². The van der Waals surface area contributed by atoms with Gasteiger partial charge in [0.05, 0.1) is 4.90 Å². The van der Waals surface area contributed by atoms with Gasteiger partial charge in [0.1, 0.15) is 6.04 Å². The normalized spacial score (nSPS) is 15.1. The van der Waals surface area contributed by atoms with Gasteiger partial charge in [-0.3, -0.25) is 9.59 Å². The molecule has 196 valence electrons. The van der Waals surface area contributed by atoms with E-state index < -0.39 is 16.1 Å². The quantitative estimate of drug-likeness (QED) is 0.432. The maximum absolute atomic E-state index is 13.4. The lowest BCUT2D eigenvalue weighted by molar-refractivity contribution is -0.141. The van der Waals surface area contributed by atoms with Crippen molar-refractivity contribution < 1.29 is 18.0 Å². The van der Waals surface area contributed by atoms with Gasteiger partial charge in [0.15, 0.2) is 0 Å². The monoisotopic (exact) mass is 533 g/mol. The molecule has 2 aromatic carbocycles. The molecule has 36 heavy (non-hydrogen) atoms. The van der Waals surface area contributed by atoms with Crippen LogP contribution in [0.2, 0.25) is 5.02 Å². The summed E-state index contributed by atoms with van der Waals surface area (Å²) < 4.78 is 26.8. The van der Waals surface area contributed by atoms with Gasteiger partial charge in [-0.05, 0) is 49.4 Å². The minimum absolute atomic E-state index is 0.117. The van der Waals surface area contributed by atoms with Crippen LogP contribution in [-0.4, -0.2) is 55.1 Å². The second kappa shape index (κ2) is 13.2. The highest BCUT2D eigenvalue weighted by molar-refractivity contribution is 7.89. The van der Waals surface area contributed by atoms with Crippen molar-refractivity contribution in [3.8, 4) is 0 Å². The van der Waals surface area contributed by atoms with Gasteiger partial charge >= 0.3 is 0 Å². The summed E-state index contributed by atoms with van der Waals surface area (Å²) in [4.78, 5) is 28.4. The van der Waals surface area contributed by atoms with Gasteiger partial charge in [-0.15, -0.1) is 0 Å². The van der Waals surface area contributed by atoms with Crippen LogP contribution >= 0.6 is 11.6 Å². The number of carbonyl (C=O) groups excluding carboxylic acids is 2. The number of rotatable bonds is 12. The molecule has 0 aromatic heterocycles. The first-order valence-corrected chi connectivity index (χ1v) is 14.4. The second-order valence-electron chi connectivity index (χ2n) is 9.27. The molecule has 1 fully saturated rings. The smallest absolute Gasteiger partial charge is 0.243 e. The predicted octanol–water partition coefficient (Wildman–Crippen LogP) is 4.61. The molecular formula is C27H36ClN3O4S. The summed E-state index contributed by atoms with van der Waals surface area (Å²) in [6.45, 7) is 2.30. The fourth-order valence-corrected chi connectivity index (χ4v) is 6.01. The number of sulfonamides is 1. The molecule has 0 unspecified atom stereocenters. The first-order valence-electron chi connectivity index (χ1n) is 12.6. The van der Waals surface area contributed by atoms with Crippen LogP contribution in [-0.2, 0) is 26.2 Å². The van der Waals surface area contributed by atoms with Gasteiger partial charge in [-0.1, -0.05) is 67.8 Å². The van der Waals surface area contributed by atoms with Crippen molar-refractivity contribution in [3.63, 3.8) is 0 Å². The van der Waals surface area contributed by atoms with Crippen molar-refractivity contribution in [2.75, 3.05) is 13.6 Å². The molecule has 0 radical (unpaired) electrons. The highest BCUT2D eigenvalue weighted by atomic mass is 35.5. The number of hydrogen-bond acceptors (Lipinski definition) is 4. The number of benzene rings is 2. The minimum Gasteiger partial charge on any atom is -0.352 e. The molecule has 0 spiro atoms. The van der Waals surface area contributed by atoms with Gasteiger partial charge in [0.2, 0.25) is 21.8 Å². The van der Waals surface area contributed by atoms with Crippen LogP contribution in [0.4, 0.5) is 0 Å². The van der Waals surface area contributed by atoms with E-state index in [0.717, 1.165) is 31.2 Å². The first kappa shape index (κ1) is 28.2. The number of hydrogen-bond donors (Lipinski definition) is 1. The molecule has 0 heterocycles. The Morgan fingerprint density at radius 2 is 1.69 bits per heavy atom. The van der Waals surface area contributed by atoms with E-state index in [1.54, 1.807) is 41.3 Å². The molecule has 7 nitrogen and oxygen atoms in total. The zero-order chi connectivity index (χ0) is 26.1. The average molecular weight is 534 g/mol. The summed E-state index contributed by atoms with van der Waals surface area (Å²) in [5, 5.41) is 3.66. The van der Waals surface area contributed by atoms with E-state index in [1.165, 1.54) is 11.4 Å². The van der Waals surface area contributed by atoms with E-state index in [-0.39, 0.29) is 42.3 Å². The van der Waals surface area contributed by atoms with Crippen molar-refractivity contribution in [2.45, 2.75) is 75.4 Å². The number of nitrogens with zero attached hydrogens (tertiary/aromatic N) is 2.